The first-order valence-electron chi connectivity index (χ1n) is 15.6. The number of fused-ring (bicyclic) bond motifs is 5. The second-order valence-corrected chi connectivity index (χ2v) is 14.0. The molecule has 2 heterocycles. The van der Waals surface area contributed by atoms with Crippen LogP contribution in [-0.4, -0.2) is 97.3 Å². The van der Waals surface area contributed by atoms with Crippen LogP contribution in [0.5, 0.6) is 0 Å². The van der Waals surface area contributed by atoms with Gasteiger partial charge < -0.3 is 49.3 Å². The van der Waals surface area contributed by atoms with Gasteiger partial charge in [0.15, 0.2) is 6.29 Å². The molecule has 1 aromatic rings. The predicted octanol–water partition coefficient (Wildman–Crippen LogP) is 0.643. The molecule has 3 saturated carbocycles. The lowest BCUT2D eigenvalue weighted by Crippen LogP contribution is -2.73. The average molecular weight is 621 g/mol. The maximum absolute atomic E-state index is 12.8. The predicted molar refractivity (Wildman–Crippen MR) is 152 cm³/mol. The molecule has 44 heavy (non-hydrogen) atoms. The molecule has 0 radical (unpaired) electrons. The Hall–Kier alpha value is -2.16. The second kappa shape index (κ2) is 11.0. The highest BCUT2D eigenvalue weighted by Crippen LogP contribution is 2.71. The molecule has 13 atom stereocenters. The molecular formula is C32H44O12. The number of aliphatic hydroxyl groups is 6. The third-order valence-corrected chi connectivity index (χ3v) is 11.9. The Bertz CT molecular complexity index is 1340. The minimum atomic E-state index is -1.60. The van der Waals surface area contributed by atoms with Crippen molar-refractivity contribution in [2.45, 2.75) is 126 Å². The molecule has 5 aliphatic rings. The molecule has 6 rings (SSSR count). The summed E-state index contributed by atoms with van der Waals surface area (Å²) >= 11 is 0. The van der Waals surface area contributed by atoms with Crippen molar-refractivity contribution in [3.8, 4) is 0 Å². The summed E-state index contributed by atoms with van der Waals surface area (Å²) in [5.41, 5.74) is -3.41. The first-order chi connectivity index (χ1) is 20.7. The van der Waals surface area contributed by atoms with Gasteiger partial charge in [-0.25, -0.2) is 4.79 Å². The van der Waals surface area contributed by atoms with E-state index in [1.54, 1.807) is 6.07 Å². The highest BCUT2D eigenvalue weighted by Gasteiger charge is 2.75. The van der Waals surface area contributed by atoms with Gasteiger partial charge in [0.05, 0.1) is 24.6 Å². The second-order valence-electron chi connectivity index (χ2n) is 14.0. The molecular weight excluding hydrogens is 576 g/mol. The fraction of sp³-hybridized carbons (Fsp3) is 0.750. The molecule has 0 bridgehead atoms. The summed E-state index contributed by atoms with van der Waals surface area (Å²) in [6, 6.07) is 3.10. The Kier molecular flexibility index (Phi) is 7.94. The molecule has 1 aromatic heterocycles. The van der Waals surface area contributed by atoms with Gasteiger partial charge in [0, 0.05) is 24.8 Å². The van der Waals surface area contributed by atoms with Crippen molar-refractivity contribution in [2.24, 2.45) is 16.7 Å². The van der Waals surface area contributed by atoms with E-state index in [1.165, 1.54) is 19.3 Å². The van der Waals surface area contributed by atoms with Crippen LogP contribution in [0.1, 0.15) is 77.2 Å². The lowest BCUT2D eigenvalue weighted by Gasteiger charge is -2.66. The van der Waals surface area contributed by atoms with E-state index in [4.69, 9.17) is 18.6 Å². The fourth-order valence-corrected chi connectivity index (χ4v) is 9.64. The molecule has 12 heteroatoms. The maximum atomic E-state index is 12.8. The van der Waals surface area contributed by atoms with Crippen LogP contribution in [0.3, 0.4) is 0 Å². The minimum Gasteiger partial charge on any atom is -0.458 e. The zero-order valence-electron chi connectivity index (χ0n) is 25.3. The first-order valence-corrected chi connectivity index (χ1v) is 15.6. The van der Waals surface area contributed by atoms with Gasteiger partial charge in [0.25, 0.3) is 0 Å². The van der Waals surface area contributed by atoms with Gasteiger partial charge >= 0.3 is 11.6 Å². The van der Waals surface area contributed by atoms with Crippen molar-refractivity contribution in [1.82, 2.24) is 0 Å². The van der Waals surface area contributed by atoms with Crippen LogP contribution in [0.2, 0.25) is 0 Å². The largest absolute Gasteiger partial charge is 0.458 e. The van der Waals surface area contributed by atoms with E-state index in [9.17, 15) is 40.2 Å². The van der Waals surface area contributed by atoms with E-state index in [-0.39, 0.29) is 18.3 Å². The highest BCUT2D eigenvalue weighted by molar-refractivity contribution is 5.66. The highest BCUT2D eigenvalue weighted by atomic mass is 16.7. The summed E-state index contributed by atoms with van der Waals surface area (Å²) in [6.45, 7) is 4.74. The van der Waals surface area contributed by atoms with Crippen molar-refractivity contribution in [3.05, 3.63) is 46.0 Å². The molecule has 0 unspecified atom stereocenters. The van der Waals surface area contributed by atoms with Crippen LogP contribution in [0.15, 0.2) is 39.3 Å². The first kappa shape index (κ1) is 31.8. The Morgan fingerprint density at radius 3 is 2.43 bits per heavy atom. The number of hydrogen-bond donors (Lipinski definition) is 6. The van der Waals surface area contributed by atoms with Crippen LogP contribution >= 0.6 is 0 Å². The molecule has 12 nitrogen and oxygen atoms in total. The molecule has 0 aromatic carbocycles. The summed E-state index contributed by atoms with van der Waals surface area (Å²) < 4.78 is 22.6. The molecule has 244 valence electrons. The van der Waals surface area contributed by atoms with Crippen molar-refractivity contribution < 1.29 is 54.1 Å². The summed E-state index contributed by atoms with van der Waals surface area (Å²) in [5.74, 6) is -1.06. The summed E-state index contributed by atoms with van der Waals surface area (Å²) in [5, 5.41) is 65.9. The van der Waals surface area contributed by atoms with Gasteiger partial charge in [-0.2, -0.15) is 0 Å². The van der Waals surface area contributed by atoms with Crippen LogP contribution in [-0.2, 0) is 19.0 Å². The number of carbonyl (C=O) groups excluding carboxylic acids is 1. The Balaban J connectivity index is 1.33. The van der Waals surface area contributed by atoms with E-state index in [0.717, 1.165) is 11.1 Å². The molecule has 4 aliphatic carbocycles. The summed E-state index contributed by atoms with van der Waals surface area (Å²) in [4.78, 5) is 24.0. The van der Waals surface area contributed by atoms with Crippen molar-refractivity contribution in [1.29, 1.82) is 0 Å². The van der Waals surface area contributed by atoms with E-state index in [1.807, 2.05) is 19.9 Å². The van der Waals surface area contributed by atoms with Gasteiger partial charge in [-0.15, -0.1) is 0 Å². The number of rotatable bonds is 5. The Morgan fingerprint density at radius 1 is 1.02 bits per heavy atom. The van der Waals surface area contributed by atoms with Crippen molar-refractivity contribution in [2.75, 3.05) is 6.61 Å². The maximum Gasteiger partial charge on any atom is 0.335 e. The SMILES string of the molecule is CC(=O)O[C@H]1C[C@@]2(O)[C@H](CC[C@@]3(C)[C@H](c4ccc(=O)oc4)CC[C@@]32O)[C@]2(C)CC[C@@H](O[C@@H]3O[C@H](CO)[C@H](O)[C@@H](O)[C@H]3O)C=C12. The minimum absolute atomic E-state index is 0.0197. The van der Waals surface area contributed by atoms with Crippen LogP contribution in [0.4, 0.5) is 0 Å². The van der Waals surface area contributed by atoms with Gasteiger partial charge in [-0.05, 0) is 73.0 Å². The lowest BCUT2D eigenvalue weighted by molar-refractivity contribution is -0.310. The number of hydrogen-bond acceptors (Lipinski definition) is 12. The van der Waals surface area contributed by atoms with Crippen molar-refractivity contribution >= 4 is 5.97 Å². The van der Waals surface area contributed by atoms with E-state index < -0.39 is 83.1 Å². The number of carbonyl (C=O) groups is 1. The third-order valence-electron chi connectivity index (χ3n) is 11.9. The quantitative estimate of drug-likeness (QED) is 0.199. The standard InChI is InChI=1S/C32H44O12/c1-16(34)42-21-13-31(39)23(8-10-30(3)19(7-11-32(30,31)40)17-4-5-24(35)41-15-17)29(2)9-6-18(12-20(21)29)43-28-27(38)26(37)25(36)22(14-33)44-28/h4-5,12,15,18-19,21-23,25-28,33,36-40H,6-11,13-14H2,1-3H3/t18-,19+,21+,22-,23-,25+,26-,27-,28-,29-,30+,31-,32-/m1/s1. The van der Waals surface area contributed by atoms with E-state index in [0.29, 0.717) is 38.5 Å². The molecule has 1 aliphatic heterocycles. The third kappa shape index (κ3) is 4.56. The lowest BCUT2D eigenvalue weighted by atomic mass is 9.42. The monoisotopic (exact) mass is 620 g/mol. The fourth-order valence-electron chi connectivity index (χ4n) is 9.64. The topological polar surface area (TPSA) is 196 Å². The zero-order valence-corrected chi connectivity index (χ0v) is 25.3. The van der Waals surface area contributed by atoms with E-state index in [2.05, 4.69) is 0 Å². The molecule has 4 fully saturated rings. The average Bonchev–Trinajstić information content (AvgIpc) is 3.26. The molecule has 0 amide bonds. The molecule has 1 saturated heterocycles. The number of ether oxygens (including phenoxy) is 3. The smallest absolute Gasteiger partial charge is 0.335 e. The molecule has 6 N–H and O–H groups in total. The van der Waals surface area contributed by atoms with Crippen LogP contribution in [0, 0.1) is 16.7 Å². The van der Waals surface area contributed by atoms with Crippen molar-refractivity contribution in [3.63, 3.8) is 0 Å². The Labute approximate surface area is 255 Å². The Morgan fingerprint density at radius 2 is 1.77 bits per heavy atom. The van der Waals surface area contributed by atoms with Crippen LogP contribution < -0.4 is 5.63 Å². The summed E-state index contributed by atoms with van der Waals surface area (Å²) in [6.07, 6.45) is -2.23. The van der Waals surface area contributed by atoms with Gasteiger partial charge in [0.2, 0.25) is 0 Å². The van der Waals surface area contributed by atoms with Crippen LogP contribution in [0.25, 0.3) is 0 Å². The zero-order chi connectivity index (χ0) is 31.8. The van der Waals surface area contributed by atoms with E-state index >= 15 is 0 Å². The number of aliphatic hydroxyl groups excluding tert-OH is 4. The number of esters is 1. The normalized spacial score (nSPS) is 48.5. The summed E-state index contributed by atoms with van der Waals surface area (Å²) in [7, 11) is 0. The van der Waals surface area contributed by atoms with Gasteiger partial charge in [0.1, 0.15) is 36.1 Å². The van der Waals surface area contributed by atoms with Gasteiger partial charge in [-0.3, -0.25) is 4.79 Å². The molecule has 0 spiro atoms. The van der Waals surface area contributed by atoms with Gasteiger partial charge in [-0.1, -0.05) is 19.9 Å².